The lowest BCUT2D eigenvalue weighted by atomic mass is 9.96. The van der Waals surface area contributed by atoms with E-state index < -0.39 is 6.04 Å². The molecule has 0 aromatic carbocycles. The van der Waals surface area contributed by atoms with Crippen LogP contribution in [0.1, 0.15) is 26.7 Å². The van der Waals surface area contributed by atoms with Crippen LogP contribution in [-0.4, -0.2) is 54.3 Å². The third kappa shape index (κ3) is 4.00. The first-order valence-electron chi connectivity index (χ1n) is 6.18. The second-order valence-electron chi connectivity index (χ2n) is 4.96. The zero-order valence-corrected chi connectivity index (χ0v) is 11.0. The predicted molar refractivity (Wildman–Crippen MR) is 66.3 cm³/mol. The van der Waals surface area contributed by atoms with E-state index in [2.05, 4.69) is 0 Å². The van der Waals surface area contributed by atoms with E-state index >= 15 is 0 Å². The lowest BCUT2D eigenvalue weighted by Gasteiger charge is -2.34. The van der Waals surface area contributed by atoms with Gasteiger partial charge in [-0.05, 0) is 25.7 Å². The number of amides is 2. The molecule has 2 N–H and O–H groups in total. The minimum atomic E-state index is -0.411. The summed E-state index contributed by atoms with van der Waals surface area (Å²) in [5.74, 6) is 0.628. The van der Waals surface area contributed by atoms with E-state index in [-0.39, 0.29) is 11.8 Å². The summed E-state index contributed by atoms with van der Waals surface area (Å²) in [5.41, 5.74) is 5.58. The van der Waals surface area contributed by atoms with Gasteiger partial charge in [-0.1, -0.05) is 0 Å². The fourth-order valence-electron chi connectivity index (χ4n) is 2.14. The lowest BCUT2D eigenvalue weighted by molar-refractivity contribution is -0.134. The van der Waals surface area contributed by atoms with Crippen molar-refractivity contribution < 1.29 is 9.59 Å². The molecule has 98 valence electrons. The molecule has 0 spiro atoms. The molecule has 1 saturated heterocycles. The van der Waals surface area contributed by atoms with Gasteiger partial charge in [0.2, 0.25) is 11.8 Å². The highest BCUT2D eigenvalue weighted by atomic mass is 16.2. The van der Waals surface area contributed by atoms with Crippen molar-refractivity contribution in [2.24, 2.45) is 11.7 Å². The molecule has 1 heterocycles. The number of piperidine rings is 1. The van der Waals surface area contributed by atoms with Gasteiger partial charge >= 0.3 is 0 Å². The number of carbonyl (C=O) groups excluding carboxylic acids is 2. The van der Waals surface area contributed by atoms with E-state index in [0.717, 1.165) is 32.5 Å². The first kappa shape index (κ1) is 14.0. The van der Waals surface area contributed by atoms with Crippen molar-refractivity contribution in [2.45, 2.75) is 32.7 Å². The van der Waals surface area contributed by atoms with Gasteiger partial charge in [0, 0.05) is 33.6 Å². The molecule has 1 aliphatic rings. The Balaban J connectivity index is 2.36. The second kappa shape index (κ2) is 6.00. The molecule has 1 unspecified atom stereocenters. The van der Waals surface area contributed by atoms with Crippen LogP contribution >= 0.6 is 0 Å². The molecule has 1 atom stereocenters. The summed E-state index contributed by atoms with van der Waals surface area (Å²) in [7, 11) is 1.82. The van der Waals surface area contributed by atoms with Crippen LogP contribution < -0.4 is 5.73 Å². The van der Waals surface area contributed by atoms with E-state index in [1.165, 1.54) is 0 Å². The molecule has 0 aromatic heterocycles. The number of nitrogens with two attached hydrogens (primary N) is 1. The molecule has 0 saturated carbocycles. The van der Waals surface area contributed by atoms with Crippen molar-refractivity contribution in [3.8, 4) is 0 Å². The summed E-state index contributed by atoms with van der Waals surface area (Å²) >= 11 is 0. The van der Waals surface area contributed by atoms with Crippen molar-refractivity contribution >= 4 is 11.8 Å². The number of carbonyl (C=O) groups is 2. The minimum absolute atomic E-state index is 0.0309. The van der Waals surface area contributed by atoms with Crippen LogP contribution in [0.5, 0.6) is 0 Å². The average molecular weight is 241 g/mol. The minimum Gasteiger partial charge on any atom is -0.346 e. The first-order valence-corrected chi connectivity index (χ1v) is 6.18. The van der Waals surface area contributed by atoms with Gasteiger partial charge in [-0.15, -0.1) is 0 Å². The van der Waals surface area contributed by atoms with Crippen LogP contribution in [-0.2, 0) is 9.59 Å². The number of likely N-dealkylation sites (tertiary alicyclic amines) is 1. The van der Waals surface area contributed by atoms with Crippen LogP contribution in [0.15, 0.2) is 0 Å². The molecule has 5 nitrogen and oxygen atoms in total. The third-order valence-electron chi connectivity index (χ3n) is 3.39. The van der Waals surface area contributed by atoms with Crippen LogP contribution in [0.2, 0.25) is 0 Å². The van der Waals surface area contributed by atoms with Crippen LogP contribution in [0, 0.1) is 5.92 Å². The molecule has 5 heteroatoms. The molecule has 0 aliphatic carbocycles. The third-order valence-corrected chi connectivity index (χ3v) is 3.39. The number of nitrogens with zero attached hydrogens (tertiary/aromatic N) is 2. The predicted octanol–water partition coefficient (Wildman–Crippen LogP) is 0.0505. The van der Waals surface area contributed by atoms with Crippen LogP contribution in [0.25, 0.3) is 0 Å². The monoisotopic (exact) mass is 241 g/mol. The van der Waals surface area contributed by atoms with Crippen molar-refractivity contribution in [3.05, 3.63) is 0 Å². The van der Waals surface area contributed by atoms with Gasteiger partial charge in [-0.3, -0.25) is 9.59 Å². The van der Waals surface area contributed by atoms with Crippen molar-refractivity contribution in [1.82, 2.24) is 9.80 Å². The van der Waals surface area contributed by atoms with Gasteiger partial charge in [0.1, 0.15) is 0 Å². The van der Waals surface area contributed by atoms with Gasteiger partial charge < -0.3 is 15.5 Å². The Kier molecular flexibility index (Phi) is 4.93. The normalized spacial score (nSPS) is 18.9. The Hall–Kier alpha value is -1.10. The summed E-state index contributed by atoms with van der Waals surface area (Å²) in [6.07, 6.45) is 1.91. The molecule has 17 heavy (non-hydrogen) atoms. The Morgan fingerprint density at radius 1 is 1.41 bits per heavy atom. The van der Waals surface area contributed by atoms with Gasteiger partial charge in [-0.25, -0.2) is 0 Å². The quantitative estimate of drug-likeness (QED) is 0.759. The Labute approximate surface area is 103 Å². The molecule has 0 aromatic rings. The maximum absolute atomic E-state index is 11.7. The highest BCUT2D eigenvalue weighted by Crippen LogP contribution is 2.18. The topological polar surface area (TPSA) is 66.6 Å². The van der Waals surface area contributed by atoms with E-state index in [1.807, 2.05) is 11.9 Å². The van der Waals surface area contributed by atoms with Gasteiger partial charge in [0.15, 0.2) is 0 Å². The Morgan fingerprint density at radius 3 is 2.35 bits per heavy atom. The van der Waals surface area contributed by atoms with E-state index in [1.54, 1.807) is 18.7 Å². The standard InChI is InChI=1S/C12H23N3O2/c1-9(13)12(17)15-6-4-11(5-7-15)8-14(3)10(2)16/h9,11H,4-8,13H2,1-3H3. The summed E-state index contributed by atoms with van der Waals surface area (Å²) in [4.78, 5) is 26.4. The maximum atomic E-state index is 11.7. The largest absolute Gasteiger partial charge is 0.346 e. The second-order valence-corrected chi connectivity index (χ2v) is 4.96. The molecule has 1 aliphatic heterocycles. The molecule has 1 fully saturated rings. The van der Waals surface area contributed by atoms with E-state index in [9.17, 15) is 9.59 Å². The summed E-state index contributed by atoms with van der Waals surface area (Å²) in [5, 5.41) is 0. The van der Waals surface area contributed by atoms with Gasteiger partial charge in [0.25, 0.3) is 0 Å². The zero-order chi connectivity index (χ0) is 13.0. The maximum Gasteiger partial charge on any atom is 0.239 e. The van der Waals surface area contributed by atoms with E-state index in [0.29, 0.717) is 5.92 Å². The summed E-state index contributed by atoms with van der Waals surface area (Å²) < 4.78 is 0. The fraction of sp³-hybridized carbons (Fsp3) is 0.833. The smallest absolute Gasteiger partial charge is 0.239 e. The van der Waals surface area contributed by atoms with Crippen LogP contribution in [0.3, 0.4) is 0 Å². The molecular formula is C12H23N3O2. The van der Waals surface area contributed by atoms with Crippen molar-refractivity contribution in [1.29, 1.82) is 0 Å². The number of hydrogen-bond acceptors (Lipinski definition) is 3. The molecular weight excluding hydrogens is 218 g/mol. The Bertz CT molecular complexity index is 283. The highest BCUT2D eigenvalue weighted by molar-refractivity contribution is 5.81. The highest BCUT2D eigenvalue weighted by Gasteiger charge is 2.25. The summed E-state index contributed by atoms with van der Waals surface area (Å²) in [6, 6.07) is -0.411. The molecule has 0 radical (unpaired) electrons. The molecule has 0 bridgehead atoms. The molecule has 1 rings (SSSR count). The lowest BCUT2D eigenvalue weighted by Crippen LogP contribution is -2.47. The summed E-state index contributed by atoms with van der Waals surface area (Å²) in [6.45, 7) is 5.61. The van der Waals surface area contributed by atoms with Gasteiger partial charge in [-0.2, -0.15) is 0 Å². The SMILES string of the molecule is CC(=O)N(C)CC1CCN(C(=O)C(C)N)CC1. The van der Waals surface area contributed by atoms with Crippen molar-refractivity contribution in [2.75, 3.05) is 26.7 Å². The zero-order valence-electron chi connectivity index (χ0n) is 11.0. The van der Waals surface area contributed by atoms with Crippen LogP contribution in [0.4, 0.5) is 0 Å². The van der Waals surface area contributed by atoms with Gasteiger partial charge in [0.05, 0.1) is 6.04 Å². The fourth-order valence-corrected chi connectivity index (χ4v) is 2.14. The first-order chi connectivity index (χ1) is 7.91. The Morgan fingerprint density at radius 2 is 1.94 bits per heavy atom. The van der Waals surface area contributed by atoms with Crippen molar-refractivity contribution in [3.63, 3.8) is 0 Å². The van der Waals surface area contributed by atoms with E-state index in [4.69, 9.17) is 5.73 Å². The number of rotatable bonds is 3. The number of hydrogen-bond donors (Lipinski definition) is 1. The average Bonchev–Trinajstić information content (AvgIpc) is 2.28. The molecule has 2 amide bonds.